The number of carbonyl (C=O) groups is 5. The Kier molecular flexibility index (Phi) is 45.2. The third kappa shape index (κ3) is 42.0. The molecule has 0 bridgehead atoms. The van der Waals surface area contributed by atoms with Gasteiger partial charge in [-0.2, -0.15) is 0 Å². The number of hydrogen-bond donors (Lipinski definition) is 1. The zero-order valence-electron chi connectivity index (χ0n) is 42.4. The van der Waals surface area contributed by atoms with Crippen molar-refractivity contribution in [2.45, 2.75) is 227 Å². The summed E-state index contributed by atoms with van der Waals surface area (Å²) in [6, 6.07) is 0. The quantitative estimate of drug-likeness (QED) is 0.0351. The lowest BCUT2D eigenvalue weighted by atomic mass is 9.94. The van der Waals surface area contributed by atoms with Crippen LogP contribution in [0.25, 0.3) is 0 Å². The number of carbonyl (C=O) groups excluding carboxylic acids is 5. The van der Waals surface area contributed by atoms with Gasteiger partial charge in [-0.15, -0.1) is 0 Å². The Labute approximate surface area is 398 Å². The number of hydrogen-bond acceptors (Lipinski definition) is 12. The van der Waals surface area contributed by atoms with Crippen LogP contribution in [0.3, 0.4) is 0 Å². The molecular formula is C52H100N2O11. The maximum atomic E-state index is 12.9. The van der Waals surface area contributed by atoms with Gasteiger partial charge in [0.05, 0.1) is 31.7 Å². The first-order valence-electron chi connectivity index (χ1n) is 26.6. The van der Waals surface area contributed by atoms with Crippen LogP contribution in [-0.2, 0) is 42.8 Å². The molecule has 0 aliphatic heterocycles. The van der Waals surface area contributed by atoms with Gasteiger partial charge < -0.3 is 38.6 Å². The van der Waals surface area contributed by atoms with Crippen molar-refractivity contribution in [3.8, 4) is 0 Å². The van der Waals surface area contributed by atoms with E-state index >= 15 is 0 Å². The van der Waals surface area contributed by atoms with E-state index in [0.717, 1.165) is 83.8 Å². The zero-order valence-corrected chi connectivity index (χ0v) is 42.4. The zero-order chi connectivity index (χ0) is 47.9. The van der Waals surface area contributed by atoms with Crippen LogP contribution in [0.2, 0.25) is 0 Å². The normalized spacial score (nSPS) is 12.1. The molecule has 0 aromatic heterocycles. The minimum absolute atomic E-state index is 0. The van der Waals surface area contributed by atoms with E-state index < -0.39 is 24.1 Å². The smallest absolute Gasteiger partial charge is 0.466 e. The van der Waals surface area contributed by atoms with Gasteiger partial charge in [0.2, 0.25) is 0 Å². The number of ether oxygens (including phenoxy) is 6. The molecular weight excluding hydrogens is 829 g/mol. The largest absolute Gasteiger partial charge is 0.508 e. The van der Waals surface area contributed by atoms with Gasteiger partial charge in [0.25, 0.3) is 0 Å². The minimum Gasteiger partial charge on any atom is -0.466 e. The van der Waals surface area contributed by atoms with Crippen molar-refractivity contribution in [1.29, 1.82) is 0 Å². The summed E-state index contributed by atoms with van der Waals surface area (Å²) in [7, 11) is 0. The van der Waals surface area contributed by atoms with Gasteiger partial charge in [0.1, 0.15) is 19.8 Å². The first-order chi connectivity index (χ1) is 31.7. The maximum Gasteiger partial charge on any atom is 0.508 e. The minimum atomic E-state index is -0.827. The summed E-state index contributed by atoms with van der Waals surface area (Å²) in [5.74, 6) is -1.25. The molecule has 2 unspecified atom stereocenters. The summed E-state index contributed by atoms with van der Waals surface area (Å²) in [5, 5.41) is 2.76. The van der Waals surface area contributed by atoms with Crippen LogP contribution in [0.15, 0.2) is 0 Å². The lowest BCUT2D eigenvalue weighted by Gasteiger charge is -2.18. The van der Waals surface area contributed by atoms with E-state index in [1.807, 2.05) is 0 Å². The third-order valence-corrected chi connectivity index (χ3v) is 11.9. The van der Waals surface area contributed by atoms with E-state index in [1.165, 1.54) is 89.9 Å². The Morgan fingerprint density at radius 3 is 1.48 bits per heavy atom. The molecule has 0 fully saturated rings. The van der Waals surface area contributed by atoms with Crippen LogP contribution in [0.5, 0.6) is 0 Å². The molecule has 0 saturated heterocycles. The summed E-state index contributed by atoms with van der Waals surface area (Å²) in [5.41, 5.74) is 0. The fourth-order valence-electron chi connectivity index (χ4n) is 7.52. The first kappa shape index (κ1) is 61.9. The van der Waals surface area contributed by atoms with E-state index in [0.29, 0.717) is 51.9 Å². The SMILES string of the molecule is CCCCCCCCCCOC(=O)CCCCCC(=O)OCC(COC(=O)NCCCCCCOC(=O)C(CCCCCC)CCCCCCCC)COC(=O)OCCCN(CC)CC.[HH]. The van der Waals surface area contributed by atoms with Crippen LogP contribution in [0, 0.1) is 11.8 Å². The van der Waals surface area contributed by atoms with Crippen molar-refractivity contribution in [2.75, 3.05) is 65.8 Å². The summed E-state index contributed by atoms with van der Waals surface area (Å²) in [6.45, 7) is 14.6. The molecule has 0 aliphatic carbocycles. The molecule has 0 heterocycles. The van der Waals surface area contributed by atoms with Gasteiger partial charge in [-0.25, -0.2) is 9.59 Å². The van der Waals surface area contributed by atoms with Gasteiger partial charge in [0, 0.05) is 27.4 Å². The van der Waals surface area contributed by atoms with Gasteiger partial charge in [-0.05, 0) is 70.9 Å². The highest BCUT2D eigenvalue weighted by Crippen LogP contribution is 2.21. The second-order valence-electron chi connectivity index (χ2n) is 17.8. The fourth-order valence-corrected chi connectivity index (χ4v) is 7.52. The molecule has 384 valence electrons. The number of nitrogens with zero attached hydrogens (tertiary/aromatic N) is 1. The molecule has 0 radical (unpaired) electrons. The predicted octanol–water partition coefficient (Wildman–Crippen LogP) is 13.1. The number of amides is 1. The Morgan fingerprint density at radius 1 is 0.446 bits per heavy atom. The molecule has 65 heavy (non-hydrogen) atoms. The molecule has 2 atom stereocenters. The van der Waals surface area contributed by atoms with Crippen LogP contribution in [-0.4, -0.2) is 101 Å². The number of alkyl carbamates (subject to hydrolysis) is 1. The molecule has 0 rings (SSSR count). The number of esters is 3. The van der Waals surface area contributed by atoms with Crippen LogP contribution >= 0.6 is 0 Å². The second kappa shape index (κ2) is 47.4. The van der Waals surface area contributed by atoms with Crippen LogP contribution in [0.1, 0.15) is 229 Å². The Balaban J connectivity index is 0. The van der Waals surface area contributed by atoms with Gasteiger partial charge >= 0.3 is 30.2 Å². The van der Waals surface area contributed by atoms with E-state index in [-0.39, 0.29) is 52.1 Å². The molecule has 0 aromatic carbocycles. The molecule has 13 heteroatoms. The van der Waals surface area contributed by atoms with E-state index in [4.69, 9.17) is 28.4 Å². The Morgan fingerprint density at radius 2 is 0.892 bits per heavy atom. The topological polar surface area (TPSA) is 156 Å². The standard InChI is InChI=1S/C52H98N2O11.H2/c1-6-11-14-17-19-20-23-31-40-60-48(55)36-28-25-29-37-49(56)63-43-46(45-65-52(59)62-42-33-39-54(9-4)10-5)44-64-51(58)53-38-30-22-24-32-41-61-50(57)47(34-26-16-13-8-3)35-27-21-18-15-12-7-2;/h46-47H,6-45H2,1-5H3,(H,53,58);1H. The van der Waals surface area contributed by atoms with E-state index in [1.54, 1.807) is 0 Å². The van der Waals surface area contributed by atoms with Crippen molar-refractivity contribution < 1.29 is 53.8 Å². The number of rotatable bonds is 47. The van der Waals surface area contributed by atoms with E-state index in [9.17, 15) is 24.0 Å². The van der Waals surface area contributed by atoms with Gasteiger partial charge in [0.15, 0.2) is 0 Å². The maximum absolute atomic E-state index is 12.9. The van der Waals surface area contributed by atoms with Crippen LogP contribution < -0.4 is 5.32 Å². The molecule has 0 saturated carbocycles. The number of unbranched alkanes of at least 4 members (excludes halogenated alkanes) is 20. The second-order valence-corrected chi connectivity index (χ2v) is 17.8. The highest BCUT2D eigenvalue weighted by molar-refractivity contribution is 5.72. The van der Waals surface area contributed by atoms with Crippen molar-refractivity contribution in [3.63, 3.8) is 0 Å². The third-order valence-electron chi connectivity index (χ3n) is 11.9. The van der Waals surface area contributed by atoms with Crippen molar-refractivity contribution in [1.82, 2.24) is 10.2 Å². The molecule has 0 aromatic rings. The van der Waals surface area contributed by atoms with Crippen molar-refractivity contribution in [2.24, 2.45) is 11.8 Å². The molecule has 13 nitrogen and oxygen atoms in total. The lowest BCUT2D eigenvalue weighted by molar-refractivity contribution is -0.149. The molecule has 0 aliphatic rings. The summed E-state index contributed by atoms with van der Waals surface area (Å²) in [4.78, 5) is 64.7. The highest BCUT2D eigenvalue weighted by Gasteiger charge is 2.20. The highest BCUT2D eigenvalue weighted by atomic mass is 16.7. The molecule has 1 N–H and O–H groups in total. The fraction of sp³-hybridized carbons (Fsp3) is 0.904. The predicted molar refractivity (Wildman–Crippen MR) is 262 cm³/mol. The number of nitrogens with one attached hydrogen (secondary N) is 1. The monoisotopic (exact) mass is 929 g/mol. The summed E-state index contributed by atoms with van der Waals surface area (Å²) >= 11 is 0. The average molecular weight is 929 g/mol. The average Bonchev–Trinajstić information content (AvgIpc) is 3.30. The first-order valence-corrected chi connectivity index (χ1v) is 26.6. The lowest BCUT2D eigenvalue weighted by Crippen LogP contribution is -2.31. The molecule has 0 spiro atoms. The van der Waals surface area contributed by atoms with Gasteiger partial charge in [-0.1, -0.05) is 157 Å². The van der Waals surface area contributed by atoms with Crippen LogP contribution in [0.4, 0.5) is 9.59 Å². The van der Waals surface area contributed by atoms with Gasteiger partial charge in [-0.3, -0.25) is 14.4 Å². The summed E-state index contributed by atoms with van der Waals surface area (Å²) < 4.78 is 32.5. The molecule has 1 amide bonds. The van der Waals surface area contributed by atoms with Crippen molar-refractivity contribution in [3.05, 3.63) is 0 Å². The van der Waals surface area contributed by atoms with E-state index in [2.05, 4.69) is 44.8 Å². The Hall–Kier alpha value is -3.09. The van der Waals surface area contributed by atoms with Crippen molar-refractivity contribution >= 4 is 30.2 Å². The summed E-state index contributed by atoms with van der Waals surface area (Å²) in [6.07, 6.45) is 28.2. The Bertz CT molecular complexity index is 1140.